The van der Waals surface area contributed by atoms with Gasteiger partial charge in [-0.25, -0.2) is 0 Å². The molecule has 0 N–H and O–H groups in total. The molecule has 0 radical (unpaired) electrons. The third-order valence-electron chi connectivity index (χ3n) is 3.32. The first kappa shape index (κ1) is 11.7. The third kappa shape index (κ3) is 2.15. The lowest BCUT2D eigenvalue weighted by atomic mass is 10.1. The molecule has 18 heavy (non-hydrogen) atoms. The van der Waals surface area contributed by atoms with E-state index in [1.807, 2.05) is 4.57 Å². The Balaban J connectivity index is 1.96. The number of aromatic nitrogens is 3. The van der Waals surface area contributed by atoms with Crippen LogP contribution in [0.2, 0.25) is 5.28 Å². The van der Waals surface area contributed by atoms with Gasteiger partial charge in [-0.05, 0) is 48.6 Å². The number of hydrogen-bond acceptors (Lipinski definition) is 2. The summed E-state index contributed by atoms with van der Waals surface area (Å²) in [5, 5.41) is 8.64. The molecule has 0 unspecified atom stereocenters. The zero-order valence-electron chi connectivity index (χ0n) is 10.4. The van der Waals surface area contributed by atoms with E-state index in [1.165, 1.54) is 24.8 Å². The van der Waals surface area contributed by atoms with E-state index in [4.69, 9.17) is 11.6 Å². The molecule has 0 saturated heterocycles. The van der Waals surface area contributed by atoms with Crippen LogP contribution in [0.5, 0.6) is 0 Å². The lowest BCUT2D eigenvalue weighted by molar-refractivity contribution is 0.869. The molecule has 0 aliphatic heterocycles. The Labute approximate surface area is 112 Å². The molecule has 0 bridgehead atoms. The van der Waals surface area contributed by atoms with Gasteiger partial charge in [0, 0.05) is 11.6 Å². The van der Waals surface area contributed by atoms with Crippen LogP contribution in [0.1, 0.15) is 43.5 Å². The van der Waals surface area contributed by atoms with Crippen LogP contribution in [-0.2, 0) is 6.42 Å². The summed E-state index contributed by atoms with van der Waals surface area (Å²) in [5.74, 6) is 1.54. The lowest BCUT2D eigenvalue weighted by Gasteiger charge is -2.08. The van der Waals surface area contributed by atoms with Crippen LogP contribution in [0.3, 0.4) is 0 Å². The fourth-order valence-electron chi connectivity index (χ4n) is 2.22. The van der Waals surface area contributed by atoms with Crippen molar-refractivity contribution in [1.82, 2.24) is 14.8 Å². The van der Waals surface area contributed by atoms with Crippen LogP contribution < -0.4 is 0 Å². The minimum absolute atomic E-state index is 0.458. The van der Waals surface area contributed by atoms with Gasteiger partial charge < -0.3 is 0 Å². The zero-order chi connectivity index (χ0) is 12.5. The Morgan fingerprint density at radius 1 is 1.22 bits per heavy atom. The maximum absolute atomic E-state index is 6.14. The summed E-state index contributed by atoms with van der Waals surface area (Å²) in [7, 11) is 0. The van der Waals surface area contributed by atoms with E-state index in [9.17, 15) is 0 Å². The van der Waals surface area contributed by atoms with Crippen molar-refractivity contribution in [3.8, 4) is 5.69 Å². The van der Waals surface area contributed by atoms with Crippen LogP contribution >= 0.6 is 11.6 Å². The highest BCUT2D eigenvalue weighted by Gasteiger charge is 2.30. The second-order valence-electron chi connectivity index (χ2n) is 4.85. The summed E-state index contributed by atoms with van der Waals surface area (Å²) in [6, 6.07) is 8.52. The van der Waals surface area contributed by atoms with E-state index < -0.39 is 0 Å². The Morgan fingerprint density at radius 2 is 1.94 bits per heavy atom. The molecule has 0 atom stereocenters. The number of rotatable bonds is 4. The van der Waals surface area contributed by atoms with Gasteiger partial charge in [-0.3, -0.25) is 4.57 Å². The fourth-order valence-corrected chi connectivity index (χ4v) is 2.44. The van der Waals surface area contributed by atoms with Gasteiger partial charge >= 0.3 is 0 Å². The molecular formula is C14H16ClN3. The maximum atomic E-state index is 6.14. The number of nitrogens with zero attached hydrogens (tertiary/aromatic N) is 3. The monoisotopic (exact) mass is 261 g/mol. The largest absolute Gasteiger partial charge is 0.270 e. The van der Waals surface area contributed by atoms with Crippen molar-refractivity contribution < 1.29 is 0 Å². The molecule has 0 amide bonds. The molecule has 1 aromatic carbocycles. The van der Waals surface area contributed by atoms with E-state index in [0.29, 0.717) is 11.2 Å². The molecule has 3 rings (SSSR count). The van der Waals surface area contributed by atoms with Crippen molar-refractivity contribution in [3.05, 3.63) is 40.9 Å². The molecule has 1 fully saturated rings. The summed E-state index contributed by atoms with van der Waals surface area (Å²) < 4.78 is 1.97. The van der Waals surface area contributed by atoms with Crippen LogP contribution in [-0.4, -0.2) is 14.8 Å². The van der Waals surface area contributed by atoms with Gasteiger partial charge in [0.15, 0.2) is 0 Å². The molecule has 1 heterocycles. The fraction of sp³-hybridized carbons (Fsp3) is 0.429. The van der Waals surface area contributed by atoms with Crippen molar-refractivity contribution in [2.75, 3.05) is 0 Å². The maximum Gasteiger partial charge on any atom is 0.229 e. The summed E-state index contributed by atoms with van der Waals surface area (Å²) in [6.07, 6.45) is 4.68. The highest BCUT2D eigenvalue weighted by Crippen LogP contribution is 2.40. The first-order valence-electron chi connectivity index (χ1n) is 6.49. The highest BCUT2D eigenvalue weighted by atomic mass is 35.5. The quantitative estimate of drug-likeness (QED) is 0.839. The summed E-state index contributed by atoms with van der Waals surface area (Å²) >= 11 is 6.14. The van der Waals surface area contributed by atoms with E-state index in [-0.39, 0.29) is 0 Å². The number of aryl methyl sites for hydroxylation is 1. The molecule has 1 aromatic heterocycles. The number of hydrogen-bond donors (Lipinski definition) is 0. The third-order valence-corrected chi connectivity index (χ3v) is 3.57. The van der Waals surface area contributed by atoms with Gasteiger partial charge in [0.05, 0.1) is 0 Å². The van der Waals surface area contributed by atoms with E-state index in [2.05, 4.69) is 41.4 Å². The Bertz CT molecular complexity index is 541. The predicted molar refractivity (Wildman–Crippen MR) is 72.3 cm³/mol. The first-order valence-corrected chi connectivity index (χ1v) is 6.87. The second kappa shape index (κ2) is 4.73. The summed E-state index contributed by atoms with van der Waals surface area (Å²) in [4.78, 5) is 0. The van der Waals surface area contributed by atoms with E-state index in [0.717, 1.165) is 17.9 Å². The number of halogens is 1. The smallest absolute Gasteiger partial charge is 0.229 e. The van der Waals surface area contributed by atoms with Gasteiger partial charge in [-0.15, -0.1) is 10.2 Å². The van der Waals surface area contributed by atoms with Gasteiger partial charge in [0.2, 0.25) is 5.28 Å². The SMILES string of the molecule is CCCc1ccc(-n2c(Cl)nnc2C2CC2)cc1. The molecule has 0 spiro atoms. The topological polar surface area (TPSA) is 30.7 Å². The summed E-state index contributed by atoms with van der Waals surface area (Å²) in [5.41, 5.74) is 2.42. The molecule has 94 valence electrons. The first-order chi connectivity index (χ1) is 8.79. The van der Waals surface area contributed by atoms with Crippen LogP contribution in [0.15, 0.2) is 24.3 Å². The second-order valence-corrected chi connectivity index (χ2v) is 5.19. The standard InChI is InChI=1S/C14H16ClN3/c1-2-3-10-4-8-12(9-5-10)18-13(11-6-7-11)16-17-14(18)15/h4-5,8-9,11H,2-3,6-7H2,1H3. The minimum Gasteiger partial charge on any atom is -0.270 e. The normalized spacial score (nSPS) is 15.0. The zero-order valence-corrected chi connectivity index (χ0v) is 11.2. The Morgan fingerprint density at radius 3 is 2.56 bits per heavy atom. The molecule has 3 nitrogen and oxygen atoms in total. The molecule has 4 heteroatoms. The van der Waals surface area contributed by atoms with E-state index in [1.54, 1.807) is 0 Å². The van der Waals surface area contributed by atoms with Gasteiger partial charge in [0.25, 0.3) is 0 Å². The molecule has 1 saturated carbocycles. The average molecular weight is 262 g/mol. The number of benzene rings is 1. The van der Waals surface area contributed by atoms with Crippen molar-refractivity contribution in [1.29, 1.82) is 0 Å². The van der Waals surface area contributed by atoms with Crippen molar-refractivity contribution in [2.45, 2.75) is 38.5 Å². The van der Waals surface area contributed by atoms with Gasteiger partial charge in [-0.2, -0.15) is 0 Å². The molecule has 1 aliphatic carbocycles. The van der Waals surface area contributed by atoms with E-state index >= 15 is 0 Å². The van der Waals surface area contributed by atoms with Crippen molar-refractivity contribution in [2.24, 2.45) is 0 Å². The summed E-state index contributed by atoms with van der Waals surface area (Å²) in [6.45, 7) is 2.19. The highest BCUT2D eigenvalue weighted by molar-refractivity contribution is 6.28. The lowest BCUT2D eigenvalue weighted by Crippen LogP contribution is -2.00. The Hall–Kier alpha value is -1.35. The molecular weight excluding hydrogens is 246 g/mol. The molecule has 2 aromatic rings. The average Bonchev–Trinajstić information content (AvgIpc) is 3.15. The van der Waals surface area contributed by atoms with Gasteiger partial charge in [0.1, 0.15) is 5.82 Å². The minimum atomic E-state index is 0.458. The molecule has 1 aliphatic rings. The van der Waals surface area contributed by atoms with Crippen LogP contribution in [0.25, 0.3) is 5.69 Å². The van der Waals surface area contributed by atoms with Crippen LogP contribution in [0.4, 0.5) is 0 Å². The van der Waals surface area contributed by atoms with Crippen LogP contribution in [0, 0.1) is 0 Å². The van der Waals surface area contributed by atoms with Crippen molar-refractivity contribution >= 4 is 11.6 Å². The Kier molecular flexibility index (Phi) is 3.08. The van der Waals surface area contributed by atoms with Gasteiger partial charge in [-0.1, -0.05) is 25.5 Å². The van der Waals surface area contributed by atoms with Crippen molar-refractivity contribution in [3.63, 3.8) is 0 Å². The predicted octanol–water partition coefficient (Wildman–Crippen LogP) is 3.75.